The molecule has 0 radical (unpaired) electrons. The number of fused-ring (bicyclic) bond motifs is 5. The number of hydrogen-bond donors (Lipinski definition) is 1. The number of anilines is 2. The summed E-state index contributed by atoms with van der Waals surface area (Å²) in [7, 11) is 5.07. The Morgan fingerprint density at radius 3 is 2.44 bits per heavy atom. The first-order valence-electron chi connectivity index (χ1n) is 15.2. The number of rotatable bonds is 6. The molecule has 8 nitrogen and oxygen atoms in total. The Hall–Kier alpha value is -4.46. The molecule has 2 unspecified atom stereocenters. The zero-order chi connectivity index (χ0) is 30.1. The second-order valence-electron chi connectivity index (χ2n) is 12.2. The molecule has 0 saturated heterocycles. The highest BCUT2D eigenvalue weighted by Gasteiger charge is 2.46. The monoisotopic (exact) mass is 577 g/mol. The fraction of sp³-hybridized carbons (Fsp3) is 0.371. The van der Waals surface area contributed by atoms with Crippen molar-refractivity contribution >= 4 is 35.3 Å². The summed E-state index contributed by atoms with van der Waals surface area (Å²) < 4.78 is 0. The zero-order valence-electron chi connectivity index (χ0n) is 25.1. The van der Waals surface area contributed by atoms with Crippen LogP contribution >= 0.6 is 0 Å². The number of carbonyl (C=O) groups is 3. The second kappa shape index (κ2) is 12.0. The van der Waals surface area contributed by atoms with Gasteiger partial charge in [-0.2, -0.15) is 0 Å². The van der Waals surface area contributed by atoms with Gasteiger partial charge in [0.05, 0.1) is 12.6 Å². The van der Waals surface area contributed by atoms with Gasteiger partial charge in [0.15, 0.2) is 0 Å². The van der Waals surface area contributed by atoms with E-state index in [0.717, 1.165) is 11.3 Å². The topological polar surface area (TPSA) is 85.8 Å². The quantitative estimate of drug-likeness (QED) is 0.418. The number of carbonyl (C=O) groups excluding carboxylic acids is 3. The lowest BCUT2D eigenvalue weighted by Crippen LogP contribution is -2.40. The highest BCUT2D eigenvalue weighted by Crippen LogP contribution is 2.56. The first kappa shape index (κ1) is 28.6. The molecule has 3 aliphatic rings. The molecular formula is C35H39N5O3. The van der Waals surface area contributed by atoms with Crippen LogP contribution < -0.4 is 10.2 Å². The van der Waals surface area contributed by atoms with Gasteiger partial charge in [0.1, 0.15) is 5.82 Å². The van der Waals surface area contributed by atoms with E-state index in [2.05, 4.69) is 39.5 Å². The maximum Gasteiger partial charge on any atom is 0.256 e. The molecule has 2 atom stereocenters. The normalized spacial score (nSPS) is 19.3. The molecule has 0 spiro atoms. The minimum Gasteiger partial charge on any atom is -0.359 e. The average molecular weight is 578 g/mol. The van der Waals surface area contributed by atoms with E-state index in [9.17, 15) is 14.4 Å². The van der Waals surface area contributed by atoms with Crippen LogP contribution in [0.2, 0.25) is 0 Å². The lowest BCUT2D eigenvalue weighted by Gasteiger charge is -2.36. The Balaban J connectivity index is 1.41. The van der Waals surface area contributed by atoms with Gasteiger partial charge < -0.3 is 20.0 Å². The van der Waals surface area contributed by atoms with Crippen molar-refractivity contribution in [2.24, 2.45) is 5.92 Å². The van der Waals surface area contributed by atoms with Crippen LogP contribution in [0.3, 0.4) is 0 Å². The number of likely N-dealkylation sites (N-methyl/N-ethyl adjacent to an activating group) is 2. The minimum atomic E-state index is -0.219. The summed E-state index contributed by atoms with van der Waals surface area (Å²) >= 11 is 0. The van der Waals surface area contributed by atoms with E-state index in [1.54, 1.807) is 33.4 Å². The standard InChI is InChI=1S/C35H39N5O3/c1-38(2)31(41)22-39(3)35(43)26-19-24-13-7-8-14-27(24)33-32(23-11-5-4-6-12-23)28-17-16-25(20-29(28)40(33)21-26)34(42)37-30-15-9-10-18-36-30/h7-10,13-20,23,32-33H,4-6,11-12,21-22H2,1-3H3,(H,36,37,42). The summed E-state index contributed by atoms with van der Waals surface area (Å²) in [4.78, 5) is 49.3. The second-order valence-corrected chi connectivity index (χ2v) is 12.2. The third kappa shape index (κ3) is 5.66. The van der Waals surface area contributed by atoms with Gasteiger partial charge in [0.2, 0.25) is 5.91 Å². The predicted molar refractivity (Wildman–Crippen MR) is 169 cm³/mol. The van der Waals surface area contributed by atoms with Gasteiger partial charge in [-0.1, -0.05) is 55.7 Å². The molecule has 3 amide bonds. The van der Waals surface area contributed by atoms with Crippen LogP contribution in [0.5, 0.6) is 0 Å². The molecular weight excluding hydrogens is 538 g/mol. The molecule has 1 aromatic heterocycles. The maximum absolute atomic E-state index is 13.9. The summed E-state index contributed by atoms with van der Waals surface area (Å²) in [5, 5.41) is 2.92. The predicted octanol–water partition coefficient (Wildman–Crippen LogP) is 5.50. The number of benzene rings is 2. The fourth-order valence-corrected chi connectivity index (χ4v) is 7.02. The zero-order valence-corrected chi connectivity index (χ0v) is 25.1. The third-order valence-electron chi connectivity index (χ3n) is 9.18. The van der Waals surface area contributed by atoms with Crippen LogP contribution in [0.15, 0.2) is 72.4 Å². The van der Waals surface area contributed by atoms with Crippen molar-refractivity contribution in [1.29, 1.82) is 0 Å². The van der Waals surface area contributed by atoms with E-state index in [1.165, 1.54) is 53.0 Å². The molecule has 1 aliphatic carbocycles. The van der Waals surface area contributed by atoms with Gasteiger partial charge in [0.25, 0.3) is 11.8 Å². The molecule has 3 aromatic rings. The molecule has 6 rings (SSSR count). The van der Waals surface area contributed by atoms with Crippen molar-refractivity contribution in [3.05, 3.63) is 94.7 Å². The molecule has 1 saturated carbocycles. The molecule has 0 bridgehead atoms. The van der Waals surface area contributed by atoms with Crippen LogP contribution in [0, 0.1) is 5.92 Å². The molecule has 1 fully saturated rings. The Labute approximate surface area is 253 Å². The Kier molecular flexibility index (Phi) is 8.02. The highest BCUT2D eigenvalue weighted by molar-refractivity contribution is 6.05. The molecule has 2 aromatic carbocycles. The summed E-state index contributed by atoms with van der Waals surface area (Å²) in [6.45, 7) is 0.396. The first-order valence-corrected chi connectivity index (χ1v) is 15.2. The van der Waals surface area contributed by atoms with E-state index in [1.807, 2.05) is 36.4 Å². The number of nitrogens with zero attached hydrogens (tertiary/aromatic N) is 4. The number of amides is 3. The maximum atomic E-state index is 13.9. The van der Waals surface area contributed by atoms with Gasteiger partial charge >= 0.3 is 0 Å². The number of pyridine rings is 1. The van der Waals surface area contributed by atoms with E-state index < -0.39 is 0 Å². The van der Waals surface area contributed by atoms with E-state index in [-0.39, 0.29) is 36.2 Å². The highest BCUT2D eigenvalue weighted by atomic mass is 16.2. The largest absolute Gasteiger partial charge is 0.359 e. The summed E-state index contributed by atoms with van der Waals surface area (Å²) in [6, 6.07) is 19.9. The number of nitrogens with one attached hydrogen (secondary N) is 1. The molecule has 2 aliphatic heterocycles. The van der Waals surface area contributed by atoms with Gasteiger partial charge in [0, 0.05) is 56.6 Å². The lowest BCUT2D eigenvalue weighted by atomic mass is 9.73. The summed E-state index contributed by atoms with van der Waals surface area (Å²) in [6.07, 6.45) is 9.72. The lowest BCUT2D eigenvalue weighted by molar-refractivity contribution is -0.135. The van der Waals surface area contributed by atoms with Gasteiger partial charge in [-0.15, -0.1) is 0 Å². The van der Waals surface area contributed by atoms with E-state index in [0.29, 0.717) is 29.4 Å². The van der Waals surface area contributed by atoms with E-state index >= 15 is 0 Å². The molecule has 1 N–H and O–H groups in total. The van der Waals surface area contributed by atoms with Crippen molar-refractivity contribution in [2.75, 3.05) is 44.4 Å². The van der Waals surface area contributed by atoms with Crippen LogP contribution in [-0.2, 0) is 9.59 Å². The van der Waals surface area contributed by atoms with Crippen molar-refractivity contribution in [1.82, 2.24) is 14.8 Å². The Morgan fingerprint density at radius 2 is 1.70 bits per heavy atom. The SMILES string of the molecule is CN(C)C(=O)CN(C)C(=O)C1=Cc2ccccc2C2C(C3CCCCC3)c3ccc(C(=O)Nc4ccccn4)cc3N2C1. The van der Waals surface area contributed by atoms with Gasteiger partial charge in [-0.05, 0) is 65.8 Å². The first-order chi connectivity index (χ1) is 20.8. The fourth-order valence-electron chi connectivity index (χ4n) is 7.02. The van der Waals surface area contributed by atoms with Gasteiger partial charge in [-0.3, -0.25) is 14.4 Å². The number of hydrogen-bond acceptors (Lipinski definition) is 5. The molecule has 222 valence electrons. The number of aromatic nitrogens is 1. The molecule has 8 heteroatoms. The molecule has 3 heterocycles. The van der Waals surface area contributed by atoms with Crippen LogP contribution in [0.25, 0.3) is 6.08 Å². The van der Waals surface area contributed by atoms with Crippen molar-refractivity contribution in [3.8, 4) is 0 Å². The average Bonchev–Trinajstić information content (AvgIpc) is 3.23. The van der Waals surface area contributed by atoms with Gasteiger partial charge in [-0.25, -0.2) is 4.98 Å². The van der Waals surface area contributed by atoms with Crippen LogP contribution in [0.1, 0.15) is 71.1 Å². The van der Waals surface area contributed by atoms with Crippen LogP contribution in [-0.4, -0.2) is 66.7 Å². The Morgan fingerprint density at radius 1 is 0.930 bits per heavy atom. The van der Waals surface area contributed by atoms with Crippen molar-refractivity contribution in [3.63, 3.8) is 0 Å². The van der Waals surface area contributed by atoms with Crippen molar-refractivity contribution < 1.29 is 14.4 Å². The molecule has 43 heavy (non-hydrogen) atoms. The minimum absolute atomic E-state index is 0.00732. The summed E-state index contributed by atoms with van der Waals surface area (Å²) in [5.41, 5.74) is 5.65. The van der Waals surface area contributed by atoms with E-state index in [4.69, 9.17) is 0 Å². The Bertz CT molecular complexity index is 1560. The summed E-state index contributed by atoms with van der Waals surface area (Å²) in [5.74, 6) is 0.749. The van der Waals surface area contributed by atoms with Crippen molar-refractivity contribution in [2.45, 2.75) is 44.1 Å². The third-order valence-corrected chi connectivity index (χ3v) is 9.18. The smallest absolute Gasteiger partial charge is 0.256 e. The van der Waals surface area contributed by atoms with Crippen LogP contribution in [0.4, 0.5) is 11.5 Å².